The Morgan fingerprint density at radius 2 is 1.73 bits per heavy atom. The Labute approximate surface area is 91.7 Å². The fraction of sp³-hybridized carbons (Fsp3) is 1.00. The Kier molecular flexibility index (Phi) is 3.61. The molecule has 1 saturated heterocycles. The van der Waals surface area contributed by atoms with Crippen molar-refractivity contribution in [3.63, 3.8) is 0 Å². The van der Waals surface area contributed by atoms with Crippen molar-refractivity contribution in [3.05, 3.63) is 0 Å². The molecule has 2 aliphatic rings. The zero-order chi connectivity index (χ0) is 10.8. The summed E-state index contributed by atoms with van der Waals surface area (Å²) in [6, 6.07) is 0.544. The molecular formula is C11H22N2O2. The number of methoxy groups -OCH3 is 2. The van der Waals surface area contributed by atoms with Gasteiger partial charge in [0.2, 0.25) is 0 Å². The third kappa shape index (κ3) is 2.33. The van der Waals surface area contributed by atoms with Gasteiger partial charge in [0.1, 0.15) is 0 Å². The van der Waals surface area contributed by atoms with E-state index >= 15 is 0 Å². The summed E-state index contributed by atoms with van der Waals surface area (Å²) in [5, 5.41) is 0. The molecule has 1 aliphatic heterocycles. The van der Waals surface area contributed by atoms with E-state index in [2.05, 4.69) is 4.90 Å². The maximum absolute atomic E-state index is 5.84. The highest BCUT2D eigenvalue weighted by molar-refractivity contribution is 4.95. The first-order valence-electron chi connectivity index (χ1n) is 5.79. The number of hydrogen-bond acceptors (Lipinski definition) is 4. The lowest BCUT2D eigenvalue weighted by Crippen LogP contribution is -2.41. The monoisotopic (exact) mass is 214 g/mol. The molecule has 0 aromatic carbocycles. The van der Waals surface area contributed by atoms with Crippen LogP contribution in [0.4, 0.5) is 0 Å². The van der Waals surface area contributed by atoms with Crippen LogP contribution in [-0.2, 0) is 9.47 Å². The van der Waals surface area contributed by atoms with Gasteiger partial charge in [0, 0.05) is 39.9 Å². The minimum Gasteiger partial charge on any atom is -0.377 e. The van der Waals surface area contributed by atoms with Crippen LogP contribution in [0.1, 0.15) is 12.8 Å². The molecule has 0 spiro atoms. The lowest BCUT2D eigenvalue weighted by Gasteiger charge is -2.26. The fourth-order valence-electron chi connectivity index (χ4n) is 2.62. The Morgan fingerprint density at radius 3 is 2.07 bits per heavy atom. The maximum Gasteiger partial charge on any atom is 0.0971 e. The molecule has 1 aliphatic carbocycles. The van der Waals surface area contributed by atoms with Crippen molar-refractivity contribution in [2.45, 2.75) is 31.1 Å². The van der Waals surface area contributed by atoms with Crippen LogP contribution >= 0.6 is 0 Å². The van der Waals surface area contributed by atoms with Crippen molar-refractivity contribution < 1.29 is 9.47 Å². The third-order valence-electron chi connectivity index (χ3n) is 3.73. The van der Waals surface area contributed by atoms with Crippen LogP contribution in [0.3, 0.4) is 0 Å². The number of likely N-dealkylation sites (tertiary alicyclic amines) is 1. The van der Waals surface area contributed by atoms with E-state index in [1.54, 1.807) is 14.2 Å². The predicted molar refractivity (Wildman–Crippen MR) is 58.7 cm³/mol. The molecule has 4 nitrogen and oxygen atoms in total. The van der Waals surface area contributed by atoms with Gasteiger partial charge in [-0.15, -0.1) is 0 Å². The third-order valence-corrected chi connectivity index (χ3v) is 3.73. The minimum atomic E-state index is 0.211. The van der Waals surface area contributed by atoms with Crippen molar-refractivity contribution in [1.82, 2.24) is 4.90 Å². The van der Waals surface area contributed by atoms with Gasteiger partial charge in [0.25, 0.3) is 0 Å². The summed E-state index contributed by atoms with van der Waals surface area (Å²) < 4.78 is 10.9. The predicted octanol–water partition coefficient (Wildman–Crippen LogP) is 0.0693. The number of nitrogens with two attached hydrogens (primary N) is 1. The zero-order valence-electron chi connectivity index (χ0n) is 9.69. The summed E-state index contributed by atoms with van der Waals surface area (Å²) >= 11 is 0. The molecule has 3 unspecified atom stereocenters. The van der Waals surface area contributed by atoms with Gasteiger partial charge in [-0.3, -0.25) is 4.90 Å². The summed E-state index contributed by atoms with van der Waals surface area (Å²) in [6.45, 7) is 2.69. The molecule has 0 aromatic rings. The lowest BCUT2D eigenvalue weighted by molar-refractivity contribution is -0.00461. The van der Waals surface area contributed by atoms with Crippen molar-refractivity contribution >= 4 is 0 Å². The van der Waals surface area contributed by atoms with Crippen LogP contribution < -0.4 is 5.73 Å². The van der Waals surface area contributed by atoms with Crippen LogP contribution in [0.25, 0.3) is 0 Å². The molecule has 0 radical (unpaired) electrons. The summed E-state index contributed by atoms with van der Waals surface area (Å²) in [6.07, 6.45) is 3.10. The molecule has 2 rings (SSSR count). The Hall–Kier alpha value is -0.160. The van der Waals surface area contributed by atoms with Gasteiger partial charge < -0.3 is 15.2 Å². The smallest absolute Gasteiger partial charge is 0.0971 e. The van der Waals surface area contributed by atoms with Gasteiger partial charge in [-0.05, 0) is 18.8 Å². The molecule has 0 aromatic heterocycles. The Morgan fingerprint density at radius 1 is 1.20 bits per heavy atom. The molecule has 1 heterocycles. The van der Waals surface area contributed by atoms with Gasteiger partial charge in [-0.25, -0.2) is 0 Å². The first kappa shape index (κ1) is 11.3. The second-order valence-corrected chi connectivity index (χ2v) is 4.64. The Balaban J connectivity index is 1.93. The van der Waals surface area contributed by atoms with Crippen molar-refractivity contribution in [2.75, 3.05) is 33.9 Å². The van der Waals surface area contributed by atoms with E-state index in [-0.39, 0.29) is 12.2 Å². The molecule has 0 amide bonds. The first-order valence-corrected chi connectivity index (χ1v) is 5.79. The summed E-state index contributed by atoms with van der Waals surface area (Å²) in [5.74, 6) is 0.822. The normalized spacial score (nSPS) is 34.6. The largest absolute Gasteiger partial charge is 0.377 e. The SMILES string of the molecule is COC1CN(C(CN)C2CC2)CC1OC. The van der Waals surface area contributed by atoms with E-state index < -0.39 is 0 Å². The van der Waals surface area contributed by atoms with Crippen molar-refractivity contribution in [3.8, 4) is 0 Å². The summed E-state index contributed by atoms with van der Waals surface area (Å²) in [5.41, 5.74) is 5.84. The van der Waals surface area contributed by atoms with E-state index in [4.69, 9.17) is 15.2 Å². The maximum atomic E-state index is 5.84. The van der Waals surface area contributed by atoms with Gasteiger partial charge in [0.05, 0.1) is 12.2 Å². The molecule has 0 bridgehead atoms. The highest BCUT2D eigenvalue weighted by atomic mass is 16.5. The average Bonchev–Trinajstić information content (AvgIpc) is 2.99. The second-order valence-electron chi connectivity index (χ2n) is 4.64. The van der Waals surface area contributed by atoms with Gasteiger partial charge >= 0.3 is 0 Å². The highest BCUT2D eigenvalue weighted by Gasteiger charge is 2.41. The molecule has 15 heavy (non-hydrogen) atoms. The van der Waals surface area contributed by atoms with Crippen LogP contribution in [0.2, 0.25) is 0 Å². The molecule has 2 N–H and O–H groups in total. The highest BCUT2D eigenvalue weighted by Crippen LogP contribution is 2.36. The van der Waals surface area contributed by atoms with E-state index in [0.29, 0.717) is 6.04 Å². The molecule has 3 atom stereocenters. The van der Waals surface area contributed by atoms with Crippen molar-refractivity contribution in [2.24, 2.45) is 11.7 Å². The van der Waals surface area contributed by atoms with Crippen molar-refractivity contribution in [1.29, 1.82) is 0 Å². The standard InChI is InChI=1S/C11H22N2O2/c1-14-10-6-13(7-11(10)15-2)9(5-12)8-3-4-8/h8-11H,3-7,12H2,1-2H3. The van der Waals surface area contributed by atoms with E-state index in [0.717, 1.165) is 25.6 Å². The number of rotatable bonds is 5. The summed E-state index contributed by atoms with van der Waals surface area (Å²) in [7, 11) is 3.52. The molecule has 88 valence electrons. The molecule has 4 heteroatoms. The number of ether oxygens (including phenoxy) is 2. The lowest BCUT2D eigenvalue weighted by atomic mass is 10.1. The van der Waals surface area contributed by atoms with Crippen LogP contribution in [0.15, 0.2) is 0 Å². The fourth-order valence-corrected chi connectivity index (χ4v) is 2.62. The van der Waals surface area contributed by atoms with E-state index in [1.807, 2.05) is 0 Å². The van der Waals surface area contributed by atoms with Gasteiger partial charge in [-0.2, -0.15) is 0 Å². The van der Waals surface area contributed by atoms with Crippen LogP contribution in [-0.4, -0.2) is 57.0 Å². The summed E-state index contributed by atoms with van der Waals surface area (Å²) in [4.78, 5) is 2.44. The average molecular weight is 214 g/mol. The van der Waals surface area contributed by atoms with E-state index in [1.165, 1.54) is 12.8 Å². The minimum absolute atomic E-state index is 0.211. The number of hydrogen-bond donors (Lipinski definition) is 1. The van der Waals surface area contributed by atoms with Gasteiger partial charge in [-0.1, -0.05) is 0 Å². The van der Waals surface area contributed by atoms with Crippen LogP contribution in [0, 0.1) is 5.92 Å². The molecule has 1 saturated carbocycles. The Bertz CT molecular complexity index is 197. The van der Waals surface area contributed by atoms with E-state index in [9.17, 15) is 0 Å². The second kappa shape index (κ2) is 4.78. The number of nitrogens with zero attached hydrogens (tertiary/aromatic N) is 1. The van der Waals surface area contributed by atoms with Crippen LogP contribution in [0.5, 0.6) is 0 Å². The molecule has 2 fully saturated rings. The quantitative estimate of drug-likeness (QED) is 0.703. The topological polar surface area (TPSA) is 47.7 Å². The first-order chi connectivity index (χ1) is 7.30. The van der Waals surface area contributed by atoms with Gasteiger partial charge in [0.15, 0.2) is 0 Å². The molecular weight excluding hydrogens is 192 g/mol. The zero-order valence-corrected chi connectivity index (χ0v) is 9.69.